The molecule has 164 valence electrons. The summed E-state index contributed by atoms with van der Waals surface area (Å²) < 4.78 is 21.9. The zero-order valence-corrected chi connectivity index (χ0v) is 19.3. The predicted molar refractivity (Wildman–Crippen MR) is 120 cm³/mol. The number of Topliss-reactive ketones (excluding diaryl/α,β-unsaturated/α-hetero) is 2. The molecule has 6 nitrogen and oxygen atoms in total. The first-order valence-corrected chi connectivity index (χ1v) is 11.1. The lowest BCUT2D eigenvalue weighted by molar-refractivity contribution is -0.120. The number of hydrogen-bond acceptors (Lipinski definition) is 7. The molecule has 0 fully saturated rings. The highest BCUT2D eigenvalue weighted by Crippen LogP contribution is 2.49. The molecule has 1 aliphatic rings. The smallest absolute Gasteiger partial charge is 0.236 e. The summed E-state index contributed by atoms with van der Waals surface area (Å²) in [6.07, 6.45) is 1.65. The van der Waals surface area contributed by atoms with E-state index < -0.39 is 0 Å². The summed E-state index contributed by atoms with van der Waals surface area (Å²) in [7, 11) is 4.48. The van der Waals surface area contributed by atoms with Crippen LogP contribution < -0.4 is 14.2 Å². The van der Waals surface area contributed by atoms with Gasteiger partial charge in [0.25, 0.3) is 0 Å². The summed E-state index contributed by atoms with van der Waals surface area (Å²) >= 11 is 7.64. The molecule has 1 heterocycles. The largest absolute Gasteiger partial charge is 0.496 e. The van der Waals surface area contributed by atoms with Crippen LogP contribution in [0.15, 0.2) is 47.1 Å². The van der Waals surface area contributed by atoms with Crippen LogP contribution >= 0.6 is 23.4 Å². The van der Waals surface area contributed by atoms with Crippen molar-refractivity contribution in [2.75, 3.05) is 27.6 Å². The summed E-state index contributed by atoms with van der Waals surface area (Å²) in [5.74, 6) is 0.440. The van der Waals surface area contributed by atoms with Gasteiger partial charge in [-0.1, -0.05) is 41.9 Å². The molecule has 8 heteroatoms. The van der Waals surface area contributed by atoms with Crippen molar-refractivity contribution in [3.63, 3.8) is 0 Å². The van der Waals surface area contributed by atoms with Gasteiger partial charge in [0.15, 0.2) is 11.5 Å². The van der Waals surface area contributed by atoms with Gasteiger partial charge in [0, 0.05) is 30.9 Å². The van der Waals surface area contributed by atoms with Crippen molar-refractivity contribution in [2.45, 2.75) is 18.9 Å². The van der Waals surface area contributed by atoms with Crippen molar-refractivity contribution >= 4 is 34.9 Å². The van der Waals surface area contributed by atoms with Gasteiger partial charge in [-0.25, -0.2) is 0 Å². The van der Waals surface area contributed by atoms with Gasteiger partial charge >= 0.3 is 0 Å². The highest BCUT2D eigenvalue weighted by Gasteiger charge is 2.37. The third-order valence-corrected chi connectivity index (χ3v) is 6.14. The van der Waals surface area contributed by atoms with E-state index in [2.05, 4.69) is 0 Å². The number of benzene rings is 2. The molecule has 0 saturated heterocycles. The van der Waals surface area contributed by atoms with Crippen LogP contribution in [0.1, 0.15) is 34.9 Å². The summed E-state index contributed by atoms with van der Waals surface area (Å²) in [6.45, 7) is 0. The number of halogens is 1. The SMILES string of the molecule is COc1cc(OC)c2c(c1Cl)O/C(=C(\CC(=O)CC(OC)c1ccccc1)SC)C2=O. The second-order valence-electron chi connectivity index (χ2n) is 6.74. The van der Waals surface area contributed by atoms with Crippen molar-refractivity contribution in [3.05, 3.63) is 63.2 Å². The monoisotopic (exact) mass is 462 g/mol. The Labute approximate surface area is 190 Å². The number of carbonyl (C=O) groups is 2. The lowest BCUT2D eigenvalue weighted by atomic mass is 10.0. The summed E-state index contributed by atoms with van der Waals surface area (Å²) in [5, 5.41) is 0.178. The molecule has 2 aromatic rings. The Bertz CT molecular complexity index is 1020. The Morgan fingerprint density at radius 3 is 2.39 bits per heavy atom. The normalized spacial score (nSPS) is 15.2. The van der Waals surface area contributed by atoms with E-state index in [4.69, 9.17) is 30.5 Å². The second kappa shape index (κ2) is 10.2. The predicted octanol–water partition coefficient (Wildman–Crippen LogP) is 5.24. The van der Waals surface area contributed by atoms with Crippen LogP contribution in [-0.2, 0) is 9.53 Å². The number of ether oxygens (including phenoxy) is 4. The topological polar surface area (TPSA) is 71.1 Å². The average molecular weight is 463 g/mol. The molecular formula is C23H23ClO6S. The second-order valence-corrected chi connectivity index (χ2v) is 8.02. The lowest BCUT2D eigenvalue weighted by Crippen LogP contribution is -2.11. The van der Waals surface area contributed by atoms with Crippen molar-refractivity contribution in [1.82, 2.24) is 0 Å². The summed E-state index contributed by atoms with van der Waals surface area (Å²) in [6, 6.07) is 11.1. The van der Waals surface area contributed by atoms with Crippen molar-refractivity contribution in [2.24, 2.45) is 0 Å². The molecular weight excluding hydrogens is 440 g/mol. The number of carbonyl (C=O) groups excluding carboxylic acids is 2. The van der Waals surface area contributed by atoms with E-state index in [0.29, 0.717) is 16.4 Å². The molecule has 2 aromatic carbocycles. The number of allylic oxidation sites excluding steroid dienone is 2. The van der Waals surface area contributed by atoms with Crippen LogP contribution in [-0.4, -0.2) is 39.2 Å². The molecule has 1 unspecified atom stereocenters. The first kappa shape index (κ1) is 23.2. The van der Waals surface area contributed by atoms with E-state index in [1.807, 2.05) is 30.3 Å². The van der Waals surface area contributed by atoms with Crippen LogP contribution in [0.2, 0.25) is 5.02 Å². The zero-order chi connectivity index (χ0) is 22.5. The molecule has 3 rings (SSSR count). The van der Waals surface area contributed by atoms with Gasteiger partial charge in [0.1, 0.15) is 27.9 Å². The van der Waals surface area contributed by atoms with Crippen molar-refractivity contribution in [1.29, 1.82) is 0 Å². The number of ketones is 2. The van der Waals surface area contributed by atoms with Gasteiger partial charge in [-0.15, -0.1) is 11.8 Å². The van der Waals surface area contributed by atoms with E-state index >= 15 is 0 Å². The highest BCUT2D eigenvalue weighted by atomic mass is 35.5. The fourth-order valence-corrected chi connectivity index (χ4v) is 4.25. The number of rotatable bonds is 9. The van der Waals surface area contributed by atoms with Crippen molar-refractivity contribution in [3.8, 4) is 17.2 Å². The third-order valence-electron chi connectivity index (χ3n) is 4.95. The van der Waals surface area contributed by atoms with Gasteiger partial charge in [0.05, 0.1) is 20.3 Å². The Balaban J connectivity index is 1.87. The van der Waals surface area contributed by atoms with Crippen LogP contribution in [0.3, 0.4) is 0 Å². The van der Waals surface area contributed by atoms with Gasteiger partial charge in [0.2, 0.25) is 5.78 Å². The maximum Gasteiger partial charge on any atom is 0.236 e. The quantitative estimate of drug-likeness (QED) is 0.471. The molecule has 0 saturated carbocycles. The molecule has 0 amide bonds. The Kier molecular flexibility index (Phi) is 7.64. The Hall–Kier alpha value is -2.48. The molecule has 0 spiro atoms. The molecule has 0 aromatic heterocycles. The number of thioether (sulfide) groups is 1. The highest BCUT2D eigenvalue weighted by molar-refractivity contribution is 8.02. The molecule has 0 N–H and O–H groups in total. The standard InChI is InChI=1S/C23H23ClO6S/c1-27-15(13-8-6-5-7-9-13)10-14(25)11-18(31-4)22-21(26)19-16(28-2)12-17(29-3)20(24)23(19)30-22/h5-9,12,15H,10-11H2,1-4H3/b22-18+. The first-order valence-electron chi connectivity index (χ1n) is 9.48. The van der Waals surface area contributed by atoms with Gasteiger partial charge < -0.3 is 18.9 Å². The maximum absolute atomic E-state index is 13.1. The minimum absolute atomic E-state index is 0.0417. The Morgan fingerprint density at radius 1 is 1.13 bits per heavy atom. The zero-order valence-electron chi connectivity index (χ0n) is 17.7. The fraction of sp³-hybridized carbons (Fsp3) is 0.304. The maximum atomic E-state index is 13.1. The van der Waals surface area contributed by atoms with Crippen molar-refractivity contribution < 1.29 is 28.5 Å². The lowest BCUT2D eigenvalue weighted by Gasteiger charge is -2.15. The molecule has 0 radical (unpaired) electrons. The van der Waals surface area contributed by atoms with Crippen LogP contribution in [0.4, 0.5) is 0 Å². The molecule has 1 aliphatic heterocycles. The minimum Gasteiger partial charge on any atom is -0.496 e. The van der Waals surface area contributed by atoms with Gasteiger partial charge in [-0.3, -0.25) is 9.59 Å². The van der Waals surface area contributed by atoms with E-state index in [0.717, 1.165) is 5.56 Å². The summed E-state index contributed by atoms with van der Waals surface area (Å²) in [4.78, 5) is 26.4. The summed E-state index contributed by atoms with van der Waals surface area (Å²) in [5.41, 5.74) is 1.14. The molecule has 0 bridgehead atoms. The molecule has 31 heavy (non-hydrogen) atoms. The molecule has 0 aliphatic carbocycles. The van der Waals surface area contributed by atoms with Crippen LogP contribution in [0, 0.1) is 0 Å². The number of hydrogen-bond donors (Lipinski definition) is 0. The van der Waals surface area contributed by atoms with Crippen LogP contribution in [0.5, 0.6) is 17.2 Å². The fourth-order valence-electron chi connectivity index (χ4n) is 3.36. The number of fused-ring (bicyclic) bond motifs is 1. The first-order chi connectivity index (χ1) is 14.9. The van der Waals surface area contributed by atoms with Crippen LogP contribution in [0.25, 0.3) is 0 Å². The van der Waals surface area contributed by atoms with E-state index in [9.17, 15) is 9.59 Å². The average Bonchev–Trinajstić information content (AvgIpc) is 3.14. The van der Waals surface area contributed by atoms with Gasteiger partial charge in [-0.05, 0) is 11.8 Å². The van der Waals surface area contributed by atoms with E-state index in [-0.39, 0.29) is 52.6 Å². The molecule has 1 atom stereocenters. The van der Waals surface area contributed by atoms with E-state index in [1.54, 1.807) is 19.4 Å². The number of methoxy groups -OCH3 is 3. The van der Waals surface area contributed by atoms with Gasteiger partial charge in [-0.2, -0.15) is 0 Å². The third kappa shape index (κ3) is 4.74. The minimum atomic E-state index is -0.375. The van der Waals surface area contributed by atoms with E-state index in [1.165, 1.54) is 26.0 Å². The Morgan fingerprint density at radius 2 is 1.81 bits per heavy atom.